The van der Waals surface area contributed by atoms with Crippen molar-refractivity contribution >= 4 is 6.21 Å². The van der Waals surface area contributed by atoms with E-state index in [4.69, 9.17) is 0 Å². The molecule has 0 amide bonds. The first-order chi connectivity index (χ1) is 8.30. The Morgan fingerprint density at radius 1 is 1.28 bits per heavy atom. The van der Waals surface area contributed by atoms with Gasteiger partial charge in [0.25, 0.3) is 0 Å². The third kappa shape index (κ3) is 4.49. The number of hydrogen-bond acceptors (Lipinski definition) is 3. The van der Waals surface area contributed by atoms with Crippen molar-refractivity contribution in [2.75, 3.05) is 27.2 Å². The van der Waals surface area contributed by atoms with Crippen LogP contribution in [0.25, 0.3) is 0 Å². The maximum atomic E-state index is 9.81. The van der Waals surface area contributed by atoms with E-state index < -0.39 is 0 Å². The van der Waals surface area contributed by atoms with Crippen molar-refractivity contribution in [1.82, 2.24) is 4.90 Å². The number of nitrogens with zero attached hydrogens (tertiary/aromatic N) is 2. The molecule has 100 valence electrons. The molecule has 0 unspecified atom stereocenters. The van der Waals surface area contributed by atoms with Crippen molar-refractivity contribution < 1.29 is 5.11 Å². The second kappa shape index (κ2) is 6.01. The molecule has 3 heteroatoms. The number of rotatable bonds is 4. The highest BCUT2D eigenvalue weighted by molar-refractivity contribution is 5.83. The summed E-state index contributed by atoms with van der Waals surface area (Å²) in [5.74, 6) is 0.289. The molecule has 0 bridgehead atoms. The van der Waals surface area contributed by atoms with E-state index in [1.165, 1.54) is 5.56 Å². The van der Waals surface area contributed by atoms with Crippen molar-refractivity contribution in [2.24, 2.45) is 4.99 Å². The van der Waals surface area contributed by atoms with Crippen molar-refractivity contribution in [3.63, 3.8) is 0 Å². The molecule has 0 radical (unpaired) electrons. The molecule has 0 aliphatic heterocycles. The summed E-state index contributed by atoms with van der Waals surface area (Å²) in [7, 11) is 4.04. The van der Waals surface area contributed by atoms with Crippen molar-refractivity contribution in [3.8, 4) is 5.75 Å². The summed E-state index contributed by atoms with van der Waals surface area (Å²) in [6.45, 7) is 8.13. The van der Waals surface area contributed by atoms with Crippen molar-refractivity contribution in [1.29, 1.82) is 0 Å². The predicted octanol–water partition coefficient (Wildman–Crippen LogP) is 2.67. The molecule has 18 heavy (non-hydrogen) atoms. The molecule has 0 fully saturated rings. The molecule has 1 rings (SSSR count). The maximum absolute atomic E-state index is 9.81. The molecule has 1 aromatic rings. The standard InChI is InChI=1S/C15H24N2O/c1-15(2,3)13-6-7-14(18)12(10-13)11-16-8-9-17(4)5/h6-7,10-11,18H,8-9H2,1-5H3. The number of aliphatic imine (C=N–C) groups is 1. The molecule has 0 saturated carbocycles. The summed E-state index contributed by atoms with van der Waals surface area (Å²) in [5, 5.41) is 9.81. The van der Waals surface area contributed by atoms with Gasteiger partial charge in [-0.1, -0.05) is 26.8 Å². The van der Waals surface area contributed by atoms with Gasteiger partial charge in [0.05, 0.1) is 6.54 Å². The lowest BCUT2D eigenvalue weighted by atomic mass is 9.86. The largest absolute Gasteiger partial charge is 0.507 e. The van der Waals surface area contributed by atoms with Gasteiger partial charge in [-0.3, -0.25) is 4.99 Å². The zero-order valence-corrected chi connectivity index (χ0v) is 12.1. The van der Waals surface area contributed by atoms with Gasteiger partial charge in [-0.2, -0.15) is 0 Å². The second-order valence-corrected chi connectivity index (χ2v) is 5.86. The zero-order valence-electron chi connectivity index (χ0n) is 12.1. The van der Waals surface area contributed by atoms with E-state index >= 15 is 0 Å². The second-order valence-electron chi connectivity index (χ2n) is 5.86. The van der Waals surface area contributed by atoms with Crippen LogP contribution in [0.5, 0.6) is 5.75 Å². The Morgan fingerprint density at radius 3 is 2.50 bits per heavy atom. The average Bonchev–Trinajstić information content (AvgIpc) is 2.24. The van der Waals surface area contributed by atoms with E-state index in [2.05, 4.69) is 30.7 Å². The molecule has 0 saturated heterocycles. The smallest absolute Gasteiger partial charge is 0.124 e. The van der Waals surface area contributed by atoms with Gasteiger partial charge < -0.3 is 10.0 Å². The van der Waals surface area contributed by atoms with Crippen LogP contribution in [0.2, 0.25) is 0 Å². The van der Waals surface area contributed by atoms with Gasteiger partial charge in [0.2, 0.25) is 0 Å². The Bertz CT molecular complexity index is 417. The number of benzene rings is 1. The lowest BCUT2D eigenvalue weighted by Gasteiger charge is -2.19. The summed E-state index contributed by atoms with van der Waals surface area (Å²) in [6.07, 6.45) is 1.76. The molecular weight excluding hydrogens is 224 g/mol. The van der Waals surface area contributed by atoms with Gasteiger partial charge in [0.1, 0.15) is 5.75 Å². The Morgan fingerprint density at radius 2 is 1.94 bits per heavy atom. The van der Waals surface area contributed by atoms with Crippen LogP contribution in [-0.2, 0) is 5.41 Å². The number of hydrogen-bond donors (Lipinski definition) is 1. The first kappa shape index (κ1) is 14.7. The van der Waals surface area contributed by atoms with E-state index in [0.717, 1.165) is 18.7 Å². The van der Waals surface area contributed by atoms with Gasteiger partial charge in [0.15, 0.2) is 0 Å². The fraction of sp³-hybridized carbons (Fsp3) is 0.533. The van der Waals surface area contributed by atoms with Crippen LogP contribution in [0.3, 0.4) is 0 Å². The Kier molecular flexibility index (Phi) is 4.91. The molecule has 0 atom stereocenters. The first-order valence-corrected chi connectivity index (χ1v) is 6.29. The van der Waals surface area contributed by atoms with E-state index in [9.17, 15) is 5.11 Å². The Labute approximate surface area is 110 Å². The SMILES string of the molecule is CN(C)CCN=Cc1cc(C(C)(C)C)ccc1O. The highest BCUT2D eigenvalue weighted by atomic mass is 16.3. The van der Waals surface area contributed by atoms with Crippen molar-refractivity contribution in [3.05, 3.63) is 29.3 Å². The molecule has 0 aliphatic carbocycles. The lowest BCUT2D eigenvalue weighted by Crippen LogP contribution is -2.15. The minimum atomic E-state index is 0.0833. The highest BCUT2D eigenvalue weighted by Gasteiger charge is 2.14. The van der Waals surface area contributed by atoms with E-state index in [1.807, 2.05) is 26.2 Å². The number of phenols is 1. The minimum Gasteiger partial charge on any atom is -0.507 e. The topological polar surface area (TPSA) is 35.8 Å². The first-order valence-electron chi connectivity index (χ1n) is 6.29. The summed E-state index contributed by atoms with van der Waals surface area (Å²) in [4.78, 5) is 6.43. The molecule has 0 spiro atoms. The minimum absolute atomic E-state index is 0.0833. The molecule has 1 N–H and O–H groups in total. The predicted molar refractivity (Wildman–Crippen MR) is 77.8 cm³/mol. The zero-order chi connectivity index (χ0) is 13.8. The molecular formula is C15H24N2O. The number of likely N-dealkylation sites (N-methyl/N-ethyl adjacent to an activating group) is 1. The summed E-state index contributed by atoms with van der Waals surface area (Å²) < 4.78 is 0. The average molecular weight is 248 g/mol. The van der Waals surface area contributed by atoms with Gasteiger partial charge in [-0.05, 0) is 37.2 Å². The normalized spacial score (nSPS) is 12.6. The quantitative estimate of drug-likeness (QED) is 0.832. The van der Waals surface area contributed by atoms with E-state index in [0.29, 0.717) is 0 Å². The molecule has 0 heterocycles. The van der Waals surface area contributed by atoms with Crippen LogP contribution in [-0.4, -0.2) is 43.4 Å². The molecule has 1 aromatic carbocycles. The van der Waals surface area contributed by atoms with Crippen LogP contribution >= 0.6 is 0 Å². The fourth-order valence-corrected chi connectivity index (χ4v) is 1.55. The lowest BCUT2D eigenvalue weighted by molar-refractivity contribution is 0.421. The summed E-state index contributed by atoms with van der Waals surface area (Å²) in [6, 6.07) is 5.72. The van der Waals surface area contributed by atoms with Crippen LogP contribution < -0.4 is 0 Å². The maximum Gasteiger partial charge on any atom is 0.124 e. The number of phenolic OH excluding ortho intramolecular Hbond substituents is 1. The van der Waals surface area contributed by atoms with E-state index in [-0.39, 0.29) is 11.2 Å². The van der Waals surface area contributed by atoms with Gasteiger partial charge in [-0.15, -0.1) is 0 Å². The summed E-state index contributed by atoms with van der Waals surface area (Å²) >= 11 is 0. The third-order valence-corrected chi connectivity index (χ3v) is 2.80. The van der Waals surface area contributed by atoms with Crippen LogP contribution in [0.4, 0.5) is 0 Å². The van der Waals surface area contributed by atoms with E-state index in [1.54, 1.807) is 12.3 Å². The van der Waals surface area contributed by atoms with Crippen LogP contribution in [0.1, 0.15) is 31.9 Å². The van der Waals surface area contributed by atoms with Crippen LogP contribution in [0.15, 0.2) is 23.2 Å². The Hall–Kier alpha value is -1.35. The summed E-state index contributed by atoms with van der Waals surface area (Å²) in [5.41, 5.74) is 2.08. The third-order valence-electron chi connectivity index (χ3n) is 2.80. The molecule has 3 nitrogen and oxygen atoms in total. The molecule has 0 aliphatic rings. The van der Waals surface area contributed by atoms with Crippen molar-refractivity contribution in [2.45, 2.75) is 26.2 Å². The van der Waals surface area contributed by atoms with Crippen LogP contribution in [0, 0.1) is 0 Å². The fourth-order valence-electron chi connectivity index (χ4n) is 1.55. The van der Waals surface area contributed by atoms with Gasteiger partial charge in [0, 0.05) is 18.3 Å². The highest BCUT2D eigenvalue weighted by Crippen LogP contribution is 2.26. The monoisotopic (exact) mass is 248 g/mol. The van der Waals surface area contributed by atoms with Gasteiger partial charge in [-0.25, -0.2) is 0 Å². The number of aromatic hydroxyl groups is 1. The van der Waals surface area contributed by atoms with Gasteiger partial charge >= 0.3 is 0 Å². The Balaban J connectivity index is 2.82. The molecule has 0 aromatic heterocycles.